The van der Waals surface area contributed by atoms with Gasteiger partial charge in [-0.15, -0.1) is 0 Å². The van der Waals surface area contributed by atoms with Gasteiger partial charge in [-0.25, -0.2) is 0 Å². The van der Waals surface area contributed by atoms with Gasteiger partial charge in [-0.1, -0.05) is 0 Å². The van der Waals surface area contributed by atoms with E-state index < -0.39 is 10.2 Å². The molecule has 9 heteroatoms. The Morgan fingerprint density at radius 1 is 0.850 bits per heavy atom. The number of thiazole rings is 1. The predicted molar refractivity (Wildman–Crippen MR) is 168 cm³/mol. The van der Waals surface area contributed by atoms with Crippen molar-refractivity contribution in [2.45, 2.75) is 13.5 Å². The molecule has 0 unspecified atom stereocenters. The number of halogens is 1. The second-order valence-corrected chi connectivity index (χ2v) is 19.4. The van der Waals surface area contributed by atoms with E-state index in [9.17, 15) is 14.9 Å². The number of nitrogens with zero attached hydrogens (tertiary/aromatic N) is 2. The first-order chi connectivity index (χ1) is 19.3. The Morgan fingerprint density at radius 2 is 1.32 bits per heavy atom. The number of aromatic nitrogens is 1. The second-order valence-electron chi connectivity index (χ2n) is 9.34. The van der Waals surface area contributed by atoms with Crippen molar-refractivity contribution in [1.29, 1.82) is 0 Å². The Balaban J connectivity index is 1.46. The van der Waals surface area contributed by atoms with Gasteiger partial charge in [0.15, 0.2) is 0 Å². The van der Waals surface area contributed by atoms with Crippen molar-refractivity contribution < 1.29 is 14.5 Å². The summed E-state index contributed by atoms with van der Waals surface area (Å²) in [6.07, 6.45) is 0.136. The standard InChI is InChI=1S/C31H26BrN2O4PS/c1-23-29(40-31(33-23)24-17-19-25(20-18-24)34(36)37)21-38-30(35)22-39(32,26-11-5-2-6-12-26,27-13-7-3-8-14-27)28-15-9-4-10-16-28/h2-20H,21-22H2,1H3. The third kappa shape index (κ3) is 5.22. The van der Waals surface area contributed by atoms with Gasteiger partial charge >= 0.3 is 235 Å². The van der Waals surface area contributed by atoms with Crippen LogP contribution in [0.5, 0.6) is 0 Å². The Morgan fingerprint density at radius 3 is 1.77 bits per heavy atom. The summed E-state index contributed by atoms with van der Waals surface area (Å²) in [6, 6.07) is 36.6. The molecule has 1 heterocycles. The molecular formula is C31H26BrN2O4PS. The number of rotatable bonds is 9. The number of esters is 1. The van der Waals surface area contributed by atoms with Crippen LogP contribution in [0, 0.1) is 17.0 Å². The van der Waals surface area contributed by atoms with Gasteiger partial charge in [-0.2, -0.15) is 0 Å². The quantitative estimate of drug-likeness (QED) is 0.0763. The molecule has 0 amide bonds. The summed E-state index contributed by atoms with van der Waals surface area (Å²) in [5, 5.41) is 11.4. The minimum atomic E-state index is -3.45. The molecule has 5 rings (SSSR count). The number of nitro benzene ring substituents is 1. The summed E-state index contributed by atoms with van der Waals surface area (Å²) >= 11 is 5.70. The van der Waals surface area contributed by atoms with Crippen molar-refractivity contribution >= 4 is 59.7 Å². The number of non-ortho nitro benzene ring substituents is 1. The molecule has 40 heavy (non-hydrogen) atoms. The van der Waals surface area contributed by atoms with Crippen LogP contribution in [-0.2, 0) is 16.1 Å². The zero-order valence-electron chi connectivity index (χ0n) is 21.6. The fourth-order valence-corrected chi connectivity index (χ4v) is 12.9. The van der Waals surface area contributed by atoms with Gasteiger partial charge in [0.25, 0.3) is 0 Å². The molecule has 0 bridgehead atoms. The van der Waals surface area contributed by atoms with Gasteiger partial charge in [0.1, 0.15) is 0 Å². The van der Waals surface area contributed by atoms with E-state index in [1.54, 1.807) is 12.1 Å². The average Bonchev–Trinajstić information content (AvgIpc) is 3.37. The molecule has 6 nitrogen and oxygen atoms in total. The maximum absolute atomic E-state index is 13.7. The predicted octanol–water partition coefficient (Wildman–Crippen LogP) is 6.91. The normalized spacial score (nSPS) is 12.3. The van der Waals surface area contributed by atoms with Crippen LogP contribution in [0.1, 0.15) is 10.6 Å². The van der Waals surface area contributed by atoms with Crippen LogP contribution in [0.3, 0.4) is 0 Å². The molecule has 5 aromatic rings. The first-order valence-corrected chi connectivity index (χ1v) is 17.8. The van der Waals surface area contributed by atoms with Crippen LogP contribution in [0.25, 0.3) is 10.6 Å². The van der Waals surface area contributed by atoms with Crippen LogP contribution in [0.4, 0.5) is 5.69 Å². The number of benzene rings is 4. The molecule has 202 valence electrons. The summed E-state index contributed by atoms with van der Waals surface area (Å²) in [4.78, 5) is 29.8. The van der Waals surface area contributed by atoms with Crippen molar-refractivity contribution in [3.63, 3.8) is 0 Å². The number of nitro groups is 1. The summed E-state index contributed by atoms with van der Waals surface area (Å²) in [5.74, 6) is -0.323. The first-order valence-electron chi connectivity index (χ1n) is 12.6. The zero-order valence-corrected chi connectivity index (χ0v) is 24.9. The maximum atomic E-state index is 13.7. The molecule has 0 N–H and O–H groups in total. The Hall–Kier alpha value is -3.71. The van der Waals surface area contributed by atoms with Gasteiger partial charge < -0.3 is 0 Å². The molecule has 0 fully saturated rings. The van der Waals surface area contributed by atoms with Crippen molar-refractivity contribution in [3.8, 4) is 10.6 Å². The number of hydrogen-bond donors (Lipinski definition) is 0. The summed E-state index contributed by atoms with van der Waals surface area (Å²) < 4.78 is 5.94. The molecule has 4 aromatic carbocycles. The van der Waals surface area contributed by atoms with Gasteiger partial charge in [-0.05, 0) is 0 Å². The van der Waals surface area contributed by atoms with Crippen molar-refractivity contribution in [2.75, 3.05) is 6.16 Å². The minimum absolute atomic E-state index is 0.0255. The van der Waals surface area contributed by atoms with Crippen molar-refractivity contribution in [1.82, 2.24) is 4.98 Å². The summed E-state index contributed by atoms with van der Waals surface area (Å²) in [5.41, 5.74) is 1.56. The third-order valence-corrected chi connectivity index (χ3v) is 17.5. The molecule has 0 aliphatic heterocycles. The molecule has 1 aromatic heterocycles. The van der Waals surface area contributed by atoms with E-state index >= 15 is 0 Å². The molecule has 0 atom stereocenters. The molecular weight excluding hydrogens is 607 g/mol. The van der Waals surface area contributed by atoms with Gasteiger partial charge in [0.2, 0.25) is 0 Å². The molecule has 0 aliphatic rings. The molecule has 0 spiro atoms. The van der Waals surface area contributed by atoms with Crippen LogP contribution in [0.2, 0.25) is 0 Å². The van der Waals surface area contributed by atoms with Crippen LogP contribution < -0.4 is 15.9 Å². The Labute approximate surface area is 244 Å². The SMILES string of the molecule is Cc1nc(-c2ccc([N+](=O)[O-])cc2)sc1COC(=O)CP(Br)(c1ccccc1)(c1ccccc1)c1ccccc1. The first kappa shape index (κ1) is 27.8. The van der Waals surface area contributed by atoms with Gasteiger partial charge in [-0.3, -0.25) is 10.1 Å². The fraction of sp³-hybridized carbons (Fsp3) is 0.0968. The van der Waals surface area contributed by atoms with E-state index in [4.69, 9.17) is 4.74 Å². The number of hydrogen-bond acceptors (Lipinski definition) is 6. The fourth-order valence-electron chi connectivity index (χ4n) is 4.78. The second kappa shape index (κ2) is 11.4. The number of carbonyl (C=O) groups is 1. The topological polar surface area (TPSA) is 82.3 Å². The van der Waals surface area contributed by atoms with Crippen LogP contribution >= 0.6 is 32.1 Å². The zero-order chi connectivity index (χ0) is 28.2. The molecule has 0 radical (unpaired) electrons. The van der Waals surface area contributed by atoms with E-state index in [1.165, 1.54) is 23.5 Å². The number of ether oxygens (including phenoxy) is 1. The van der Waals surface area contributed by atoms with Crippen molar-refractivity contribution in [2.24, 2.45) is 0 Å². The summed E-state index contributed by atoms with van der Waals surface area (Å²) in [7, 11) is 0. The molecule has 0 saturated heterocycles. The monoisotopic (exact) mass is 632 g/mol. The average molecular weight is 634 g/mol. The molecule has 0 saturated carbocycles. The van der Waals surface area contributed by atoms with E-state index in [0.29, 0.717) is 0 Å². The van der Waals surface area contributed by atoms with E-state index in [2.05, 4.69) is 56.9 Å². The Bertz CT molecular complexity index is 1550. The third-order valence-electron chi connectivity index (χ3n) is 6.89. The summed E-state index contributed by atoms with van der Waals surface area (Å²) in [6.45, 7) is 1.96. The van der Waals surface area contributed by atoms with E-state index in [0.717, 1.165) is 37.1 Å². The number of carbonyl (C=O) groups excluding carboxylic acids is 1. The van der Waals surface area contributed by atoms with Crippen LogP contribution in [-0.4, -0.2) is 22.0 Å². The van der Waals surface area contributed by atoms with E-state index in [-0.39, 0.29) is 24.4 Å². The number of aryl methyl sites for hydroxylation is 1. The van der Waals surface area contributed by atoms with Crippen molar-refractivity contribution in [3.05, 3.63) is 136 Å². The van der Waals surface area contributed by atoms with Crippen LogP contribution in [0.15, 0.2) is 115 Å². The van der Waals surface area contributed by atoms with E-state index in [1.807, 2.05) is 61.5 Å². The molecule has 0 aliphatic carbocycles. The van der Waals surface area contributed by atoms with Gasteiger partial charge in [0.05, 0.1) is 0 Å². The Kier molecular flexibility index (Phi) is 7.95. The van der Waals surface area contributed by atoms with Gasteiger partial charge in [0, 0.05) is 0 Å².